The monoisotopic (exact) mass is 315 g/mol. The molecule has 0 saturated heterocycles. The van der Waals surface area contributed by atoms with E-state index in [2.05, 4.69) is 4.74 Å². The van der Waals surface area contributed by atoms with Gasteiger partial charge in [0.05, 0.1) is 0 Å². The summed E-state index contributed by atoms with van der Waals surface area (Å²) in [5.74, 6) is -0.100. The van der Waals surface area contributed by atoms with E-state index in [-0.39, 0.29) is 43.2 Å². The normalized spacial score (nSPS) is 5.80. The molecule has 0 aliphatic heterocycles. The van der Waals surface area contributed by atoms with E-state index in [1.807, 2.05) is 0 Å². The minimum absolute atomic E-state index is 0. The number of rotatable bonds is 2. The maximum atomic E-state index is 10.2. The van der Waals surface area contributed by atoms with Crippen molar-refractivity contribution in [2.45, 2.75) is 10.9 Å². The molecule has 63 valence electrons. The van der Waals surface area contributed by atoms with Gasteiger partial charge in [-0.3, -0.25) is 0 Å². The summed E-state index contributed by atoms with van der Waals surface area (Å²) in [4.78, 5) is 10.2. The molecule has 0 fully saturated rings. The molecule has 0 spiro atoms. The molecule has 3 radical (unpaired) electrons. The van der Waals surface area contributed by atoms with Gasteiger partial charge in [-0.15, -0.1) is 37.2 Å². The molecule has 10 heavy (non-hydrogen) atoms. The van der Waals surface area contributed by atoms with E-state index in [9.17, 15) is 4.79 Å². The Morgan fingerprint density at radius 1 is 1.40 bits per heavy atom. The van der Waals surface area contributed by atoms with E-state index in [1.54, 1.807) is 0 Å². The van der Waals surface area contributed by atoms with Crippen molar-refractivity contribution in [3.8, 4) is 0 Å². The molecular formula is C4H10Cl3O2Sn. The van der Waals surface area contributed by atoms with Gasteiger partial charge in [0.1, 0.15) is 0 Å². The van der Waals surface area contributed by atoms with Crippen molar-refractivity contribution in [3.05, 3.63) is 0 Å². The van der Waals surface area contributed by atoms with Crippen LogP contribution in [0.25, 0.3) is 0 Å². The number of ether oxygens (including phenoxy) is 1. The van der Waals surface area contributed by atoms with Gasteiger partial charge in [0.2, 0.25) is 0 Å². The predicted octanol–water partition coefficient (Wildman–Crippen LogP) is 1.40. The first-order chi connectivity index (χ1) is 3.31. The second-order valence-corrected chi connectivity index (χ2v) is 2.50. The fraction of sp³-hybridized carbons (Fsp3) is 0.750. The van der Waals surface area contributed by atoms with Gasteiger partial charge in [-0.1, -0.05) is 0 Å². The van der Waals surface area contributed by atoms with Crippen LogP contribution in [0.2, 0.25) is 4.44 Å². The average molecular weight is 315 g/mol. The molecule has 0 atom stereocenters. The van der Waals surface area contributed by atoms with E-state index in [0.29, 0.717) is 6.42 Å². The van der Waals surface area contributed by atoms with Gasteiger partial charge < -0.3 is 0 Å². The minimum atomic E-state index is -0.100. The Hall–Kier alpha value is 1.14. The molecular weight excluding hydrogens is 305 g/mol. The summed E-state index contributed by atoms with van der Waals surface area (Å²) in [5, 5.41) is 0. The number of methoxy groups -OCH3 is 1. The number of hydrogen-bond donors (Lipinski definition) is 0. The van der Waals surface area contributed by atoms with Gasteiger partial charge in [0, 0.05) is 0 Å². The van der Waals surface area contributed by atoms with Gasteiger partial charge in [-0.05, 0) is 0 Å². The van der Waals surface area contributed by atoms with Crippen LogP contribution in [0.3, 0.4) is 0 Å². The zero-order valence-electron chi connectivity index (χ0n) is 5.46. The van der Waals surface area contributed by atoms with E-state index in [1.165, 1.54) is 29.6 Å². The van der Waals surface area contributed by atoms with Crippen molar-refractivity contribution in [2.75, 3.05) is 7.11 Å². The number of carbonyl (C=O) groups is 1. The van der Waals surface area contributed by atoms with Gasteiger partial charge in [-0.2, -0.15) is 0 Å². The van der Waals surface area contributed by atoms with Crippen molar-refractivity contribution in [1.29, 1.82) is 0 Å². The van der Waals surface area contributed by atoms with Crippen molar-refractivity contribution >= 4 is 65.7 Å². The summed E-state index contributed by atoms with van der Waals surface area (Å²) in [6, 6.07) is 0. The predicted molar refractivity (Wildman–Crippen MR) is 48.9 cm³/mol. The minimum Gasteiger partial charge on any atom is -0.147 e. The summed E-state index contributed by atoms with van der Waals surface area (Å²) >= 11 is 1.39. The molecule has 0 aromatic rings. The van der Waals surface area contributed by atoms with Crippen molar-refractivity contribution in [2.24, 2.45) is 0 Å². The fourth-order valence-electron chi connectivity index (χ4n) is 0.204. The summed E-state index contributed by atoms with van der Waals surface area (Å²) in [6.45, 7) is 0. The zero-order valence-corrected chi connectivity index (χ0v) is 10.8. The van der Waals surface area contributed by atoms with Crippen LogP contribution < -0.4 is 0 Å². The standard InChI is InChI=1S/C4H7O2.3ClH.Sn/c1-3-4(5)6-2;;;;/h1,3H2,2H3;3*1H;. The molecule has 0 bridgehead atoms. The zero-order chi connectivity index (χ0) is 5.70. The number of halogens is 3. The first-order valence-electron chi connectivity index (χ1n) is 2.02. The maximum absolute atomic E-state index is 10.2. The first kappa shape index (κ1) is 22.5. The van der Waals surface area contributed by atoms with Gasteiger partial charge in [0.25, 0.3) is 0 Å². The van der Waals surface area contributed by atoms with Gasteiger partial charge in [-0.25, -0.2) is 0 Å². The molecule has 0 rings (SSSR count). The van der Waals surface area contributed by atoms with Gasteiger partial charge in [0.15, 0.2) is 0 Å². The van der Waals surface area contributed by atoms with Crippen LogP contribution in [-0.4, -0.2) is 35.6 Å². The summed E-state index contributed by atoms with van der Waals surface area (Å²) < 4.78 is 5.32. The third-order valence-electron chi connectivity index (χ3n) is 0.557. The Bertz CT molecular complexity index is 71.5. The van der Waals surface area contributed by atoms with Crippen LogP contribution >= 0.6 is 37.2 Å². The van der Waals surface area contributed by atoms with E-state index in [0.717, 1.165) is 4.44 Å². The van der Waals surface area contributed by atoms with E-state index < -0.39 is 0 Å². The Morgan fingerprint density at radius 3 is 1.90 bits per heavy atom. The van der Waals surface area contributed by atoms with E-state index >= 15 is 0 Å². The number of carbonyl (C=O) groups excluding carboxylic acids is 1. The molecule has 0 aromatic carbocycles. The third-order valence-corrected chi connectivity index (χ3v) is 1.27. The molecule has 0 N–H and O–H groups in total. The number of esters is 1. The Labute approximate surface area is 92.8 Å². The van der Waals surface area contributed by atoms with Crippen molar-refractivity contribution in [1.82, 2.24) is 0 Å². The van der Waals surface area contributed by atoms with Crippen LogP contribution in [0.15, 0.2) is 0 Å². The molecule has 0 heterocycles. The quantitative estimate of drug-likeness (QED) is 0.569. The van der Waals surface area contributed by atoms with Crippen molar-refractivity contribution < 1.29 is 9.53 Å². The third kappa shape index (κ3) is 16.1. The molecule has 0 aliphatic carbocycles. The molecule has 0 amide bonds. The van der Waals surface area contributed by atoms with E-state index in [4.69, 9.17) is 0 Å². The average Bonchev–Trinajstić information content (AvgIpc) is 1.68. The largest absolute Gasteiger partial charge is 0.147 e. The summed E-state index contributed by atoms with van der Waals surface area (Å²) in [6.07, 6.45) is 0.578. The summed E-state index contributed by atoms with van der Waals surface area (Å²) in [5.41, 5.74) is 0. The SMILES string of the molecule is COC(=O)C[CH2][Sn].Cl.Cl.Cl. The van der Waals surface area contributed by atoms with Crippen LogP contribution in [0.1, 0.15) is 6.42 Å². The molecule has 6 heteroatoms. The topological polar surface area (TPSA) is 26.3 Å². The maximum Gasteiger partial charge on any atom is -0.147 e. The molecule has 2 nitrogen and oxygen atoms in total. The molecule has 0 aromatic heterocycles. The second-order valence-electron chi connectivity index (χ2n) is 1.08. The molecule has 0 aliphatic rings. The first-order valence-corrected chi connectivity index (χ1v) is 4.04. The second kappa shape index (κ2) is 16.6. The van der Waals surface area contributed by atoms with Gasteiger partial charge >= 0.3 is 56.0 Å². The Balaban J connectivity index is -0.0000000600. The molecule has 0 unspecified atom stereocenters. The molecule has 0 saturated carbocycles. The van der Waals surface area contributed by atoms with Crippen LogP contribution in [0.4, 0.5) is 0 Å². The van der Waals surface area contributed by atoms with Crippen LogP contribution in [-0.2, 0) is 9.53 Å². The Kier molecular flexibility index (Phi) is 37.3. The number of hydrogen-bond acceptors (Lipinski definition) is 2. The Morgan fingerprint density at radius 2 is 1.80 bits per heavy atom. The van der Waals surface area contributed by atoms with Crippen LogP contribution in [0.5, 0.6) is 0 Å². The van der Waals surface area contributed by atoms with Crippen LogP contribution in [0, 0.1) is 0 Å². The smallest absolute Gasteiger partial charge is 0.147 e. The van der Waals surface area contributed by atoms with Crippen molar-refractivity contribution in [3.63, 3.8) is 0 Å². The summed E-state index contributed by atoms with van der Waals surface area (Å²) in [7, 11) is 1.41. The fourth-order valence-corrected chi connectivity index (χ4v) is 0.787.